The molecule has 0 radical (unpaired) electrons. The summed E-state index contributed by atoms with van der Waals surface area (Å²) in [6.07, 6.45) is 4.82. The highest BCUT2D eigenvalue weighted by molar-refractivity contribution is 5.77. The maximum atomic E-state index is 5.81. The molecule has 0 spiro atoms. The molecule has 1 heterocycles. The van der Waals surface area contributed by atoms with E-state index >= 15 is 0 Å². The third-order valence-electron chi connectivity index (χ3n) is 3.82. The van der Waals surface area contributed by atoms with E-state index in [1.54, 1.807) is 0 Å². The summed E-state index contributed by atoms with van der Waals surface area (Å²) in [4.78, 5) is 9.14. The maximum absolute atomic E-state index is 5.81. The van der Waals surface area contributed by atoms with Gasteiger partial charge in [-0.1, -0.05) is 13.3 Å². The van der Waals surface area contributed by atoms with E-state index in [2.05, 4.69) is 41.1 Å². The molecule has 1 aliphatic heterocycles. The normalized spacial score (nSPS) is 19.1. The molecule has 0 aliphatic carbocycles. The summed E-state index contributed by atoms with van der Waals surface area (Å²) in [7, 11) is 4.35. The predicted molar refractivity (Wildman–Crippen MR) is 82.5 cm³/mol. The molecule has 112 valence electrons. The molecule has 0 saturated carbocycles. The van der Waals surface area contributed by atoms with Gasteiger partial charge in [0.2, 0.25) is 0 Å². The van der Waals surface area contributed by atoms with E-state index in [1.807, 2.05) is 0 Å². The van der Waals surface area contributed by atoms with Crippen LogP contribution in [0.3, 0.4) is 0 Å². The van der Waals surface area contributed by atoms with Crippen molar-refractivity contribution >= 4 is 5.96 Å². The van der Waals surface area contributed by atoms with Crippen LogP contribution >= 0.6 is 0 Å². The highest BCUT2D eigenvalue weighted by Crippen LogP contribution is 2.13. The Hall–Kier alpha value is -0.810. The molecule has 0 aromatic rings. The fourth-order valence-electron chi connectivity index (χ4n) is 2.41. The summed E-state index contributed by atoms with van der Waals surface area (Å²) >= 11 is 0. The van der Waals surface area contributed by atoms with Crippen molar-refractivity contribution in [1.82, 2.24) is 15.1 Å². The van der Waals surface area contributed by atoms with Crippen LogP contribution in [0.4, 0.5) is 0 Å². The first-order valence-corrected chi connectivity index (χ1v) is 7.56. The van der Waals surface area contributed by atoms with Crippen molar-refractivity contribution in [3.8, 4) is 0 Å². The summed E-state index contributed by atoms with van der Waals surface area (Å²) in [5, 5.41) is 3.20. The number of likely N-dealkylation sites (tertiary alicyclic amines) is 1. The fourth-order valence-corrected chi connectivity index (χ4v) is 2.41. The third kappa shape index (κ3) is 6.78. The number of aliphatic imine (C=N–C) groups is 1. The van der Waals surface area contributed by atoms with Crippen molar-refractivity contribution in [3.05, 3.63) is 0 Å². The van der Waals surface area contributed by atoms with E-state index in [-0.39, 0.29) is 0 Å². The first kappa shape index (κ1) is 16.2. The molecule has 5 nitrogen and oxygen atoms in total. The van der Waals surface area contributed by atoms with Crippen molar-refractivity contribution in [2.75, 3.05) is 46.8 Å². The fraction of sp³-hybridized carbons (Fsp3) is 0.929. The lowest BCUT2D eigenvalue weighted by Crippen LogP contribution is -2.45. The number of nitrogens with zero attached hydrogens (tertiary/aromatic N) is 3. The predicted octanol–water partition coefficient (Wildman–Crippen LogP) is 0.717. The van der Waals surface area contributed by atoms with E-state index in [0.29, 0.717) is 5.96 Å². The largest absolute Gasteiger partial charge is 0.370 e. The Morgan fingerprint density at radius 2 is 2.05 bits per heavy atom. The van der Waals surface area contributed by atoms with Gasteiger partial charge in [0.05, 0.1) is 0 Å². The first-order chi connectivity index (χ1) is 9.13. The third-order valence-corrected chi connectivity index (χ3v) is 3.82. The van der Waals surface area contributed by atoms with Crippen LogP contribution in [-0.2, 0) is 0 Å². The van der Waals surface area contributed by atoms with Crippen molar-refractivity contribution < 1.29 is 0 Å². The molecule has 0 amide bonds. The molecule has 0 aromatic heterocycles. The van der Waals surface area contributed by atoms with Crippen LogP contribution in [0.25, 0.3) is 0 Å². The number of hydrogen-bond donors (Lipinski definition) is 2. The highest BCUT2D eigenvalue weighted by Gasteiger charge is 2.19. The zero-order valence-corrected chi connectivity index (χ0v) is 12.9. The minimum Gasteiger partial charge on any atom is -0.370 e. The Kier molecular flexibility index (Phi) is 7.82. The molecular formula is C14H31N5. The molecule has 5 heteroatoms. The number of nitrogens with two attached hydrogens (primary N) is 1. The maximum Gasteiger partial charge on any atom is 0.188 e. The zero-order chi connectivity index (χ0) is 14.1. The summed E-state index contributed by atoms with van der Waals surface area (Å²) in [5.41, 5.74) is 5.81. The quantitative estimate of drug-likeness (QED) is 0.406. The van der Waals surface area contributed by atoms with E-state index in [1.165, 1.54) is 25.9 Å². The molecular weight excluding hydrogens is 238 g/mol. The van der Waals surface area contributed by atoms with Gasteiger partial charge in [0.25, 0.3) is 0 Å². The highest BCUT2D eigenvalue weighted by atomic mass is 15.2. The second kappa shape index (κ2) is 9.15. The van der Waals surface area contributed by atoms with Crippen molar-refractivity contribution in [2.45, 2.75) is 38.6 Å². The topological polar surface area (TPSA) is 56.9 Å². The van der Waals surface area contributed by atoms with Gasteiger partial charge >= 0.3 is 0 Å². The summed E-state index contributed by atoms with van der Waals surface area (Å²) in [6, 6.07) is 0.755. The molecule has 1 saturated heterocycles. The van der Waals surface area contributed by atoms with Gasteiger partial charge in [-0.3, -0.25) is 4.99 Å². The molecule has 0 atom stereocenters. The molecule has 0 unspecified atom stereocenters. The average Bonchev–Trinajstić information content (AvgIpc) is 2.39. The van der Waals surface area contributed by atoms with Gasteiger partial charge in [-0.2, -0.15) is 0 Å². The SMILES string of the molecule is CCCCN=C(N)NCCN1CCC(N(C)C)CC1. The van der Waals surface area contributed by atoms with Crippen LogP contribution in [0.15, 0.2) is 4.99 Å². The van der Waals surface area contributed by atoms with E-state index in [0.717, 1.165) is 38.5 Å². The van der Waals surface area contributed by atoms with E-state index in [4.69, 9.17) is 5.73 Å². The average molecular weight is 269 g/mol. The lowest BCUT2D eigenvalue weighted by atomic mass is 10.0. The summed E-state index contributed by atoms with van der Waals surface area (Å²) in [6.45, 7) is 7.34. The van der Waals surface area contributed by atoms with Gasteiger partial charge in [-0.25, -0.2) is 0 Å². The van der Waals surface area contributed by atoms with Crippen LogP contribution in [0.5, 0.6) is 0 Å². The second-order valence-electron chi connectivity index (χ2n) is 5.58. The van der Waals surface area contributed by atoms with E-state index < -0.39 is 0 Å². The summed E-state index contributed by atoms with van der Waals surface area (Å²) in [5.74, 6) is 0.594. The minimum atomic E-state index is 0.594. The van der Waals surface area contributed by atoms with Crippen LogP contribution in [-0.4, -0.2) is 68.6 Å². The molecule has 1 fully saturated rings. The number of piperidine rings is 1. The van der Waals surface area contributed by atoms with Gasteiger partial charge in [-0.15, -0.1) is 0 Å². The Morgan fingerprint density at radius 1 is 1.37 bits per heavy atom. The molecule has 1 aliphatic rings. The zero-order valence-electron chi connectivity index (χ0n) is 12.9. The molecule has 3 N–H and O–H groups in total. The minimum absolute atomic E-state index is 0.594. The van der Waals surface area contributed by atoms with Crippen LogP contribution in [0.1, 0.15) is 32.6 Å². The van der Waals surface area contributed by atoms with Gasteiger partial charge < -0.3 is 20.9 Å². The lowest BCUT2D eigenvalue weighted by molar-refractivity contribution is 0.147. The molecule has 0 bridgehead atoms. The lowest BCUT2D eigenvalue weighted by Gasteiger charge is -2.35. The molecule has 1 rings (SSSR count). The van der Waals surface area contributed by atoms with Gasteiger partial charge in [0, 0.05) is 25.7 Å². The van der Waals surface area contributed by atoms with Gasteiger partial charge in [-0.05, 0) is 46.4 Å². The van der Waals surface area contributed by atoms with Crippen molar-refractivity contribution in [2.24, 2.45) is 10.7 Å². The second-order valence-corrected chi connectivity index (χ2v) is 5.58. The Morgan fingerprint density at radius 3 is 2.63 bits per heavy atom. The van der Waals surface area contributed by atoms with Gasteiger partial charge in [0.1, 0.15) is 0 Å². The smallest absolute Gasteiger partial charge is 0.188 e. The number of unbranched alkanes of at least 4 members (excludes halogenated alkanes) is 1. The first-order valence-electron chi connectivity index (χ1n) is 7.56. The monoisotopic (exact) mass is 269 g/mol. The Balaban J connectivity index is 2.09. The molecule has 19 heavy (non-hydrogen) atoms. The Bertz CT molecular complexity index is 257. The summed E-state index contributed by atoms with van der Waals surface area (Å²) < 4.78 is 0. The van der Waals surface area contributed by atoms with Gasteiger partial charge in [0.15, 0.2) is 5.96 Å². The number of nitrogens with one attached hydrogen (secondary N) is 1. The van der Waals surface area contributed by atoms with Crippen LogP contribution in [0, 0.1) is 0 Å². The standard InChI is InChI=1S/C14H31N5/c1-4-5-8-16-14(15)17-9-12-19-10-6-13(7-11-19)18(2)3/h13H,4-12H2,1-3H3,(H3,15,16,17). The van der Waals surface area contributed by atoms with Crippen LogP contribution < -0.4 is 11.1 Å². The number of hydrogen-bond acceptors (Lipinski definition) is 3. The molecule has 0 aromatic carbocycles. The number of guanidine groups is 1. The van der Waals surface area contributed by atoms with Crippen molar-refractivity contribution in [1.29, 1.82) is 0 Å². The Labute approximate surface area is 118 Å². The van der Waals surface area contributed by atoms with Crippen LogP contribution in [0.2, 0.25) is 0 Å². The van der Waals surface area contributed by atoms with E-state index in [9.17, 15) is 0 Å². The van der Waals surface area contributed by atoms with Crippen molar-refractivity contribution in [3.63, 3.8) is 0 Å². The number of rotatable bonds is 7.